The Bertz CT molecular complexity index is 631. The van der Waals surface area contributed by atoms with E-state index in [1.165, 1.54) is 6.26 Å². The minimum absolute atomic E-state index is 0.198. The molecule has 1 unspecified atom stereocenters. The van der Waals surface area contributed by atoms with Gasteiger partial charge in [-0.3, -0.25) is 0 Å². The van der Waals surface area contributed by atoms with Crippen LogP contribution >= 0.6 is 11.6 Å². The molecule has 1 aliphatic rings. The largest absolute Gasteiger partial charge is 0.493 e. The van der Waals surface area contributed by atoms with Gasteiger partial charge in [0.15, 0.2) is 0 Å². The van der Waals surface area contributed by atoms with Crippen LogP contribution in [-0.2, 0) is 10.0 Å². The lowest BCUT2D eigenvalue weighted by Crippen LogP contribution is -2.35. The molecule has 0 spiro atoms. The molecule has 0 saturated heterocycles. The van der Waals surface area contributed by atoms with E-state index in [0.29, 0.717) is 18.2 Å². The van der Waals surface area contributed by atoms with Crippen molar-refractivity contribution in [2.45, 2.75) is 45.6 Å². The molecule has 0 N–H and O–H groups in total. The maximum Gasteiger partial charge on any atom is 0.211 e. The fraction of sp³-hybridized carbons (Fsp3) is 0.625. The molecule has 4 nitrogen and oxygen atoms in total. The summed E-state index contributed by atoms with van der Waals surface area (Å²) < 4.78 is 32.0. The normalized spacial score (nSPS) is 18.7. The van der Waals surface area contributed by atoms with E-state index in [1.54, 1.807) is 4.31 Å². The van der Waals surface area contributed by atoms with Crippen LogP contribution < -0.4 is 4.74 Å². The second-order valence-corrected chi connectivity index (χ2v) is 8.25. The number of hydrogen-bond acceptors (Lipinski definition) is 3. The number of nitrogens with zero attached hydrogens (tertiary/aromatic N) is 1. The number of hydrogen-bond donors (Lipinski definition) is 0. The average molecular weight is 346 g/mol. The fourth-order valence-electron chi connectivity index (χ4n) is 2.97. The minimum Gasteiger partial charge on any atom is -0.493 e. The van der Waals surface area contributed by atoms with Crippen molar-refractivity contribution in [3.63, 3.8) is 0 Å². The molecule has 1 aromatic rings. The summed E-state index contributed by atoms with van der Waals surface area (Å²) in [6, 6.07) is 3.51. The third kappa shape index (κ3) is 3.94. The smallest absolute Gasteiger partial charge is 0.211 e. The van der Waals surface area contributed by atoms with Crippen molar-refractivity contribution in [3.8, 4) is 5.75 Å². The summed E-state index contributed by atoms with van der Waals surface area (Å²) in [5.74, 6) is 0.789. The van der Waals surface area contributed by atoms with E-state index in [0.717, 1.165) is 42.6 Å². The third-order valence-electron chi connectivity index (χ3n) is 4.00. The quantitative estimate of drug-likeness (QED) is 0.812. The molecule has 2 rings (SSSR count). The van der Waals surface area contributed by atoms with E-state index >= 15 is 0 Å². The van der Waals surface area contributed by atoms with Gasteiger partial charge in [-0.05, 0) is 43.9 Å². The van der Waals surface area contributed by atoms with Crippen molar-refractivity contribution in [1.29, 1.82) is 0 Å². The summed E-state index contributed by atoms with van der Waals surface area (Å²) in [6.07, 6.45) is 4.67. The van der Waals surface area contributed by atoms with Gasteiger partial charge in [0.05, 0.1) is 18.9 Å². The van der Waals surface area contributed by atoms with Crippen LogP contribution in [0.3, 0.4) is 0 Å². The molecule has 0 radical (unpaired) electrons. The first-order valence-corrected chi connectivity index (χ1v) is 9.97. The first-order chi connectivity index (χ1) is 10.3. The SMILES string of the molecule is CCCCN(C1CCCOc2c(C)cc(Cl)cc21)S(C)(=O)=O. The van der Waals surface area contributed by atoms with Gasteiger partial charge in [-0.1, -0.05) is 24.9 Å². The molecule has 0 fully saturated rings. The second kappa shape index (κ2) is 7.20. The summed E-state index contributed by atoms with van der Waals surface area (Å²) in [7, 11) is -3.29. The molecule has 22 heavy (non-hydrogen) atoms. The van der Waals surface area contributed by atoms with Crippen LogP contribution in [0.15, 0.2) is 12.1 Å². The van der Waals surface area contributed by atoms with Gasteiger partial charge in [0.1, 0.15) is 5.75 Å². The number of benzene rings is 1. The van der Waals surface area contributed by atoms with Crippen molar-refractivity contribution in [2.75, 3.05) is 19.4 Å². The molecule has 0 aromatic heterocycles. The van der Waals surface area contributed by atoms with Crippen LogP contribution in [0.1, 0.15) is 49.8 Å². The average Bonchev–Trinajstić information content (AvgIpc) is 2.61. The van der Waals surface area contributed by atoms with Crippen molar-refractivity contribution in [3.05, 3.63) is 28.3 Å². The van der Waals surface area contributed by atoms with Gasteiger partial charge in [-0.25, -0.2) is 8.42 Å². The Hall–Kier alpha value is -0.780. The highest BCUT2D eigenvalue weighted by atomic mass is 35.5. The van der Waals surface area contributed by atoms with Gasteiger partial charge in [0.2, 0.25) is 10.0 Å². The lowest BCUT2D eigenvalue weighted by molar-refractivity contribution is 0.293. The number of unbranched alkanes of at least 4 members (excludes halogenated alkanes) is 1. The molecule has 0 bridgehead atoms. The van der Waals surface area contributed by atoms with Crippen LogP contribution in [0, 0.1) is 6.92 Å². The molecule has 0 amide bonds. The van der Waals surface area contributed by atoms with Crippen molar-refractivity contribution < 1.29 is 13.2 Å². The molecule has 1 heterocycles. The Morgan fingerprint density at radius 1 is 1.41 bits per heavy atom. The first-order valence-electron chi connectivity index (χ1n) is 7.74. The number of rotatable bonds is 5. The first kappa shape index (κ1) is 17.6. The van der Waals surface area contributed by atoms with E-state index in [-0.39, 0.29) is 6.04 Å². The maximum absolute atomic E-state index is 12.3. The zero-order valence-corrected chi connectivity index (χ0v) is 15.0. The van der Waals surface area contributed by atoms with Crippen molar-refractivity contribution >= 4 is 21.6 Å². The monoisotopic (exact) mass is 345 g/mol. The number of sulfonamides is 1. The van der Waals surface area contributed by atoms with Gasteiger partial charge in [0.25, 0.3) is 0 Å². The summed E-state index contributed by atoms with van der Waals surface area (Å²) in [4.78, 5) is 0. The lowest BCUT2D eigenvalue weighted by Gasteiger charge is -2.30. The van der Waals surface area contributed by atoms with Crippen LogP contribution in [0.5, 0.6) is 5.75 Å². The fourth-order valence-corrected chi connectivity index (χ4v) is 4.40. The summed E-state index contributed by atoms with van der Waals surface area (Å²) in [5.41, 5.74) is 1.85. The highest BCUT2D eigenvalue weighted by Crippen LogP contribution is 2.40. The van der Waals surface area contributed by atoms with Crippen molar-refractivity contribution in [2.24, 2.45) is 0 Å². The number of fused-ring (bicyclic) bond motifs is 1. The van der Waals surface area contributed by atoms with Crippen LogP contribution in [0.2, 0.25) is 5.02 Å². The van der Waals surface area contributed by atoms with Crippen molar-refractivity contribution in [1.82, 2.24) is 4.31 Å². The standard InChI is InChI=1S/C16H24ClNO3S/c1-4-5-8-18(22(3,19)20)15-7-6-9-21-16-12(2)10-13(17)11-14(15)16/h10-11,15H,4-9H2,1-3H3. The van der Waals surface area contributed by atoms with Crippen LogP contribution in [0.25, 0.3) is 0 Å². The van der Waals surface area contributed by atoms with Gasteiger partial charge in [0, 0.05) is 17.1 Å². The highest BCUT2D eigenvalue weighted by molar-refractivity contribution is 7.88. The maximum atomic E-state index is 12.3. The van der Waals surface area contributed by atoms with E-state index < -0.39 is 10.0 Å². The van der Waals surface area contributed by atoms with E-state index in [1.807, 2.05) is 19.1 Å². The zero-order valence-electron chi connectivity index (χ0n) is 13.4. The summed E-state index contributed by atoms with van der Waals surface area (Å²) in [6.45, 7) is 5.15. The summed E-state index contributed by atoms with van der Waals surface area (Å²) >= 11 is 6.20. The minimum atomic E-state index is -3.29. The molecule has 1 aliphatic heterocycles. The Balaban J connectivity index is 2.50. The van der Waals surface area contributed by atoms with Gasteiger partial charge >= 0.3 is 0 Å². The highest BCUT2D eigenvalue weighted by Gasteiger charge is 2.31. The summed E-state index contributed by atoms with van der Waals surface area (Å²) in [5, 5.41) is 0.621. The van der Waals surface area contributed by atoms with Gasteiger partial charge < -0.3 is 4.74 Å². The number of aryl methyl sites for hydroxylation is 1. The molecule has 6 heteroatoms. The van der Waals surface area contributed by atoms with E-state index in [4.69, 9.17) is 16.3 Å². The molecule has 124 valence electrons. The Labute approximate surface area is 138 Å². The Kier molecular flexibility index (Phi) is 5.75. The Morgan fingerprint density at radius 3 is 2.77 bits per heavy atom. The predicted octanol–water partition coefficient (Wildman–Crippen LogP) is 3.92. The van der Waals surface area contributed by atoms with E-state index in [2.05, 4.69) is 6.92 Å². The number of ether oxygens (including phenoxy) is 1. The number of halogens is 1. The Morgan fingerprint density at radius 2 is 2.14 bits per heavy atom. The third-order valence-corrected chi connectivity index (χ3v) is 5.51. The molecule has 0 aliphatic carbocycles. The van der Waals surface area contributed by atoms with Crippen LogP contribution in [-0.4, -0.2) is 32.1 Å². The zero-order chi connectivity index (χ0) is 16.3. The van der Waals surface area contributed by atoms with E-state index in [9.17, 15) is 8.42 Å². The second-order valence-electron chi connectivity index (χ2n) is 5.87. The molecule has 1 atom stereocenters. The van der Waals surface area contributed by atoms with Gasteiger partial charge in [-0.15, -0.1) is 0 Å². The molecular formula is C16H24ClNO3S. The molecule has 0 saturated carbocycles. The molecule has 1 aromatic carbocycles. The topological polar surface area (TPSA) is 46.6 Å². The molecular weight excluding hydrogens is 322 g/mol. The lowest BCUT2D eigenvalue weighted by atomic mass is 9.99. The predicted molar refractivity (Wildman–Crippen MR) is 90.1 cm³/mol. The van der Waals surface area contributed by atoms with Crippen LogP contribution in [0.4, 0.5) is 0 Å². The van der Waals surface area contributed by atoms with Gasteiger partial charge in [-0.2, -0.15) is 4.31 Å².